The second kappa shape index (κ2) is 27.4. The van der Waals surface area contributed by atoms with Crippen LogP contribution in [0.25, 0.3) is 0 Å². The van der Waals surface area contributed by atoms with Gasteiger partial charge in [-0.1, -0.05) is 98.9 Å². The molecule has 0 radical (unpaired) electrons. The molecule has 3 aliphatic heterocycles. The molecule has 18 heteroatoms. The first-order valence-electron chi connectivity index (χ1n) is 22.3. The Kier molecular flexibility index (Phi) is 23.6. The van der Waals surface area contributed by atoms with E-state index in [2.05, 4.69) is 0 Å². The Morgan fingerprint density at radius 2 is 1.23 bits per heavy atom. The van der Waals surface area contributed by atoms with Gasteiger partial charge in [-0.3, -0.25) is 9.59 Å². The van der Waals surface area contributed by atoms with Gasteiger partial charge >= 0.3 is 11.9 Å². The highest BCUT2D eigenvalue weighted by atomic mass is 16.7. The largest absolute Gasteiger partial charge is 0.481 e. The van der Waals surface area contributed by atoms with Gasteiger partial charge in [0.1, 0.15) is 18.1 Å². The Hall–Kier alpha value is -3.44. The smallest absolute Gasteiger partial charge is 0.311 e. The maximum Gasteiger partial charge on any atom is 0.311 e. The number of carboxylic acid groups (broad SMARTS) is 1. The van der Waals surface area contributed by atoms with Crippen LogP contribution in [0.3, 0.4) is 0 Å². The van der Waals surface area contributed by atoms with E-state index in [0.717, 1.165) is 0 Å². The van der Waals surface area contributed by atoms with Crippen molar-refractivity contribution in [3.05, 3.63) is 85.1 Å². The van der Waals surface area contributed by atoms with Crippen molar-refractivity contribution in [2.75, 3.05) is 0 Å². The molecule has 0 aromatic rings. The average molecular weight is 924 g/mol. The molecule has 3 rings (SSSR count). The summed E-state index contributed by atoms with van der Waals surface area (Å²) in [5, 5.41) is 118. The van der Waals surface area contributed by atoms with Crippen LogP contribution in [-0.2, 0) is 28.5 Å². The third-order valence-corrected chi connectivity index (χ3v) is 12.0. The number of carbonyl (C=O) groups is 2. The molecule has 65 heavy (non-hydrogen) atoms. The van der Waals surface area contributed by atoms with Crippen LogP contribution in [-0.4, -0.2) is 166 Å². The van der Waals surface area contributed by atoms with Crippen LogP contribution < -0.4 is 5.73 Å². The summed E-state index contributed by atoms with van der Waals surface area (Å²) in [4.78, 5) is 25.1. The number of allylic oxidation sites excluding steroid dienone is 12. The summed E-state index contributed by atoms with van der Waals surface area (Å²) in [6.45, 7) is 6.74. The molecule has 0 aromatic carbocycles. The molecule has 0 saturated carbocycles. The zero-order valence-corrected chi connectivity index (χ0v) is 37.6. The van der Waals surface area contributed by atoms with E-state index in [9.17, 15) is 65.8 Å². The van der Waals surface area contributed by atoms with Gasteiger partial charge in [0, 0.05) is 37.5 Å². The first-order chi connectivity index (χ1) is 30.6. The van der Waals surface area contributed by atoms with Gasteiger partial charge in [-0.2, -0.15) is 0 Å². The van der Waals surface area contributed by atoms with E-state index in [-0.39, 0.29) is 31.6 Å². The van der Waals surface area contributed by atoms with E-state index < -0.39 is 147 Å². The predicted molar refractivity (Wildman–Crippen MR) is 237 cm³/mol. The summed E-state index contributed by atoms with van der Waals surface area (Å²) in [6, 6.07) is -1.15. The number of carbonyl (C=O) groups excluding carboxylic acids is 1. The Labute approximate surface area is 381 Å². The third kappa shape index (κ3) is 18.6. The zero-order chi connectivity index (χ0) is 48.4. The fraction of sp³-hybridized carbons (Fsp3) is 0.660. The van der Waals surface area contributed by atoms with Gasteiger partial charge in [0.05, 0.1) is 79.6 Å². The highest BCUT2D eigenvalue weighted by Gasteiger charge is 2.51. The Morgan fingerprint density at radius 3 is 1.82 bits per heavy atom. The summed E-state index contributed by atoms with van der Waals surface area (Å²) in [5.41, 5.74) is 6.02. The van der Waals surface area contributed by atoms with Crippen LogP contribution >= 0.6 is 0 Å². The lowest BCUT2D eigenvalue weighted by molar-refractivity contribution is -0.308. The fourth-order valence-corrected chi connectivity index (χ4v) is 7.97. The minimum atomic E-state index is -2.33. The third-order valence-electron chi connectivity index (χ3n) is 12.0. The van der Waals surface area contributed by atoms with E-state index in [1.807, 2.05) is 19.1 Å². The van der Waals surface area contributed by atoms with Gasteiger partial charge in [-0.25, -0.2) is 0 Å². The van der Waals surface area contributed by atoms with Gasteiger partial charge in [-0.05, 0) is 33.1 Å². The van der Waals surface area contributed by atoms with Crippen molar-refractivity contribution < 1.29 is 84.7 Å². The highest BCUT2D eigenvalue weighted by molar-refractivity contribution is 5.71. The van der Waals surface area contributed by atoms with Gasteiger partial charge < -0.3 is 80.9 Å². The van der Waals surface area contributed by atoms with Crippen LogP contribution in [0.1, 0.15) is 79.1 Å². The number of rotatable bonds is 3. The number of cyclic esters (lactones) is 1. The molecular formula is C47H73NO17. The van der Waals surface area contributed by atoms with E-state index in [4.69, 9.17) is 24.7 Å². The Balaban J connectivity index is 1.86. The van der Waals surface area contributed by atoms with Crippen molar-refractivity contribution in [2.24, 2.45) is 23.5 Å². The van der Waals surface area contributed by atoms with Crippen LogP contribution in [0, 0.1) is 17.8 Å². The van der Waals surface area contributed by atoms with Crippen molar-refractivity contribution in [1.29, 1.82) is 0 Å². The van der Waals surface area contributed by atoms with Gasteiger partial charge in [0.15, 0.2) is 12.1 Å². The highest BCUT2D eigenvalue weighted by Crippen LogP contribution is 2.38. The zero-order valence-electron chi connectivity index (χ0n) is 37.6. The monoisotopic (exact) mass is 923 g/mol. The number of aliphatic hydroxyl groups excluding tert-OH is 9. The second-order valence-corrected chi connectivity index (χ2v) is 17.6. The van der Waals surface area contributed by atoms with Crippen LogP contribution in [0.5, 0.6) is 0 Å². The number of esters is 1. The standard InChI is InChI=1S/C47H73NO17/c1-27-17-15-13-11-9-7-5-6-8-10-12-14-16-18-34(64-46-44(58)41(48)43(57)30(4)63-46)24-38-40(45(59)60)37(54)26-47(61,65-38)25-33(51)22-36(53)35(52)20-19-31(49)21-32(50)23-39(55)62-29(3)28(2)42(27)56/h5-18,27-38,40-44,46,49-54,56-58,61H,19-26,48H2,1-4H3,(H,59,60)/b6-5+,9-7+,10-8+,13-11+,14-12+,17-15+,18-16+/t27-,28-,29-,30+,31?,32?,33?,34?,35?,36?,37-,38-,40+,41-,42+,43+,44-,46?,47?/m0/s1. The van der Waals surface area contributed by atoms with E-state index >= 15 is 0 Å². The summed E-state index contributed by atoms with van der Waals surface area (Å²) >= 11 is 0. The lowest BCUT2D eigenvalue weighted by atomic mass is 9.82. The topological polar surface area (TPSA) is 320 Å². The van der Waals surface area contributed by atoms with Crippen molar-refractivity contribution in [1.82, 2.24) is 0 Å². The number of hydrogen-bond acceptors (Lipinski definition) is 17. The average Bonchev–Trinajstić information content (AvgIpc) is 3.21. The lowest BCUT2D eigenvalue weighted by Crippen LogP contribution is -2.61. The van der Waals surface area contributed by atoms with Gasteiger partial charge in [0.25, 0.3) is 0 Å². The summed E-state index contributed by atoms with van der Waals surface area (Å²) in [6.07, 6.45) is 3.46. The fourth-order valence-electron chi connectivity index (χ4n) is 7.97. The van der Waals surface area contributed by atoms with Gasteiger partial charge in [-0.15, -0.1) is 0 Å². The minimum Gasteiger partial charge on any atom is -0.481 e. The molecular weight excluding hydrogens is 851 g/mol. The predicted octanol–water partition coefficient (Wildman–Crippen LogP) is 0.712. The lowest BCUT2D eigenvalue weighted by Gasteiger charge is -2.45. The molecule has 0 aromatic heterocycles. The molecule has 3 heterocycles. The Bertz CT molecular complexity index is 1670. The Morgan fingerprint density at radius 1 is 0.662 bits per heavy atom. The summed E-state index contributed by atoms with van der Waals surface area (Å²) in [5.74, 6) is -6.83. The number of aliphatic carboxylic acids is 1. The summed E-state index contributed by atoms with van der Waals surface area (Å²) in [7, 11) is 0. The molecule has 0 amide bonds. The SMILES string of the molecule is C[C@@H]1[C@H](O)[C@@H](C)/C=C/C=C/C=C/C=C/C=C/C=C/C=C/C(OC2O[C@H](C)[C@@H](O)[C@H](N)[C@@H]2O)C[C@@H]2OC(O)(CC(O)CC(O)C(O)CCC(O)CC(O)CC(=O)O[C@H]1C)C[C@H](O)[C@H]2C(=O)O. The molecule has 8 unspecified atom stereocenters. The van der Waals surface area contributed by atoms with Crippen molar-refractivity contribution >= 4 is 11.9 Å². The molecule has 0 spiro atoms. The first-order valence-corrected chi connectivity index (χ1v) is 22.3. The number of ether oxygens (including phenoxy) is 4. The van der Waals surface area contributed by atoms with E-state index in [0.29, 0.717) is 0 Å². The molecule has 18 nitrogen and oxygen atoms in total. The number of carboxylic acids is 1. The first kappa shape index (κ1) is 55.9. The van der Waals surface area contributed by atoms with Crippen LogP contribution in [0.2, 0.25) is 0 Å². The van der Waals surface area contributed by atoms with E-state index in [1.54, 1.807) is 80.7 Å². The number of nitrogens with two attached hydrogens (primary N) is 1. The quantitative estimate of drug-likeness (QED) is 0.174. The molecule has 3 aliphatic rings. The number of fused-ring (bicyclic) bond motifs is 2. The van der Waals surface area contributed by atoms with Gasteiger partial charge in [0.2, 0.25) is 0 Å². The second-order valence-electron chi connectivity index (χ2n) is 17.6. The summed E-state index contributed by atoms with van der Waals surface area (Å²) < 4.78 is 23.1. The van der Waals surface area contributed by atoms with Crippen molar-refractivity contribution in [3.8, 4) is 0 Å². The maximum atomic E-state index is 12.6. The molecule has 2 fully saturated rings. The minimum absolute atomic E-state index is 0.107. The molecule has 13 N–H and O–H groups in total. The van der Waals surface area contributed by atoms with E-state index in [1.165, 1.54) is 13.0 Å². The number of hydrogen-bond donors (Lipinski definition) is 12. The van der Waals surface area contributed by atoms with Crippen LogP contribution in [0.15, 0.2) is 85.1 Å². The van der Waals surface area contributed by atoms with Crippen molar-refractivity contribution in [3.63, 3.8) is 0 Å². The molecule has 19 atom stereocenters. The molecule has 2 saturated heterocycles. The molecule has 368 valence electrons. The molecule has 0 aliphatic carbocycles. The van der Waals surface area contributed by atoms with Crippen LogP contribution in [0.4, 0.5) is 0 Å². The number of aliphatic hydroxyl groups is 10. The normalized spacial score (nSPS) is 45.5. The molecule has 2 bridgehead atoms. The van der Waals surface area contributed by atoms with Crippen molar-refractivity contribution in [2.45, 2.75) is 177 Å². The maximum absolute atomic E-state index is 12.6.